The molecule has 0 saturated carbocycles. The van der Waals surface area contributed by atoms with Crippen molar-refractivity contribution in [1.82, 2.24) is 5.43 Å². The van der Waals surface area contributed by atoms with Gasteiger partial charge in [0.15, 0.2) is 0 Å². The van der Waals surface area contributed by atoms with Gasteiger partial charge in [-0.2, -0.15) is 0 Å². The molecule has 102 valence electrons. The van der Waals surface area contributed by atoms with Gasteiger partial charge in [0, 0.05) is 11.5 Å². The highest BCUT2D eigenvalue weighted by molar-refractivity contribution is 5.26. The minimum atomic E-state index is -0.200. The highest BCUT2D eigenvalue weighted by atomic mass is 19.1. The molecule has 0 aromatic heterocycles. The van der Waals surface area contributed by atoms with Crippen LogP contribution in [0, 0.1) is 11.7 Å². The van der Waals surface area contributed by atoms with Crippen LogP contribution in [0.5, 0.6) is 0 Å². The molecule has 0 aliphatic carbocycles. The molecule has 2 atom stereocenters. The Kier molecular flexibility index (Phi) is 5.29. The van der Waals surface area contributed by atoms with Crippen LogP contribution in [0.3, 0.4) is 0 Å². The van der Waals surface area contributed by atoms with Gasteiger partial charge in [0.1, 0.15) is 5.82 Å². The second-order valence-corrected chi connectivity index (χ2v) is 5.70. The number of hydrogen-bond acceptors (Lipinski definition) is 2. The number of hydrogen-bond donors (Lipinski definition) is 2. The average Bonchev–Trinajstić information content (AvgIpc) is 2.35. The predicted molar refractivity (Wildman–Crippen MR) is 74.6 cm³/mol. The van der Waals surface area contributed by atoms with E-state index in [0.29, 0.717) is 5.92 Å². The molecule has 0 aliphatic heterocycles. The molecule has 0 bridgehead atoms. The van der Waals surface area contributed by atoms with Crippen molar-refractivity contribution in [2.45, 2.75) is 52.0 Å². The summed E-state index contributed by atoms with van der Waals surface area (Å²) in [4.78, 5) is 0. The van der Waals surface area contributed by atoms with Crippen molar-refractivity contribution >= 4 is 0 Å². The lowest BCUT2D eigenvalue weighted by Crippen LogP contribution is -2.49. The molecule has 3 heteroatoms. The van der Waals surface area contributed by atoms with Gasteiger partial charge in [0.25, 0.3) is 0 Å². The van der Waals surface area contributed by atoms with Crippen molar-refractivity contribution < 1.29 is 4.39 Å². The fraction of sp³-hybridized carbons (Fsp3) is 0.600. The first-order valence-electron chi connectivity index (χ1n) is 6.64. The molecule has 2 nitrogen and oxygen atoms in total. The Bertz CT molecular complexity index is 359. The predicted octanol–water partition coefficient (Wildman–Crippen LogP) is 3.37. The van der Waals surface area contributed by atoms with E-state index in [0.717, 1.165) is 18.4 Å². The van der Waals surface area contributed by atoms with Crippen LogP contribution in [-0.2, 0) is 5.41 Å². The number of rotatable bonds is 6. The Balaban J connectivity index is 2.91. The zero-order valence-corrected chi connectivity index (χ0v) is 11.8. The molecule has 0 heterocycles. The summed E-state index contributed by atoms with van der Waals surface area (Å²) in [7, 11) is 0. The minimum Gasteiger partial charge on any atom is -0.271 e. The highest BCUT2D eigenvalue weighted by Crippen LogP contribution is 2.30. The van der Waals surface area contributed by atoms with Crippen molar-refractivity contribution in [2.24, 2.45) is 11.8 Å². The zero-order chi connectivity index (χ0) is 13.8. The first-order valence-corrected chi connectivity index (χ1v) is 6.64. The molecule has 0 amide bonds. The fourth-order valence-corrected chi connectivity index (χ4v) is 2.22. The molecular weight excluding hydrogens is 227 g/mol. The van der Waals surface area contributed by atoms with E-state index < -0.39 is 0 Å². The van der Waals surface area contributed by atoms with E-state index in [2.05, 4.69) is 33.1 Å². The fourth-order valence-electron chi connectivity index (χ4n) is 2.22. The van der Waals surface area contributed by atoms with Gasteiger partial charge in [0.2, 0.25) is 0 Å². The van der Waals surface area contributed by atoms with Crippen molar-refractivity contribution in [1.29, 1.82) is 0 Å². The second kappa shape index (κ2) is 6.30. The van der Waals surface area contributed by atoms with Crippen LogP contribution in [0.2, 0.25) is 0 Å². The third-order valence-corrected chi connectivity index (χ3v) is 4.00. The van der Waals surface area contributed by atoms with Crippen molar-refractivity contribution in [3.63, 3.8) is 0 Å². The number of nitrogens with one attached hydrogen (secondary N) is 1. The molecule has 3 N–H and O–H groups in total. The molecule has 0 aliphatic rings. The third kappa shape index (κ3) is 3.53. The van der Waals surface area contributed by atoms with Gasteiger partial charge in [-0.3, -0.25) is 11.3 Å². The van der Waals surface area contributed by atoms with Gasteiger partial charge in [-0.25, -0.2) is 4.39 Å². The van der Waals surface area contributed by atoms with Gasteiger partial charge < -0.3 is 0 Å². The standard InChI is InChI=1S/C15H25FN2/c1-5-11(2)10-14(18-17)15(3,4)12-6-8-13(16)9-7-12/h6-9,11,14,18H,5,10,17H2,1-4H3. The summed E-state index contributed by atoms with van der Waals surface area (Å²) in [5, 5.41) is 0. The smallest absolute Gasteiger partial charge is 0.123 e. The Morgan fingerprint density at radius 3 is 2.28 bits per heavy atom. The molecule has 0 radical (unpaired) electrons. The van der Waals surface area contributed by atoms with Crippen LogP contribution < -0.4 is 11.3 Å². The largest absolute Gasteiger partial charge is 0.271 e. The average molecular weight is 252 g/mol. The van der Waals surface area contributed by atoms with Gasteiger partial charge in [-0.05, 0) is 30.0 Å². The molecular formula is C15H25FN2. The Hall–Kier alpha value is -0.930. The van der Waals surface area contributed by atoms with Crippen LogP contribution in [-0.4, -0.2) is 6.04 Å². The molecule has 18 heavy (non-hydrogen) atoms. The highest BCUT2D eigenvalue weighted by Gasteiger charge is 2.31. The van der Waals surface area contributed by atoms with E-state index in [1.807, 2.05) is 12.1 Å². The van der Waals surface area contributed by atoms with E-state index in [1.165, 1.54) is 12.1 Å². The lowest BCUT2D eigenvalue weighted by atomic mass is 9.74. The molecule has 0 saturated heterocycles. The van der Waals surface area contributed by atoms with Crippen LogP contribution in [0.4, 0.5) is 4.39 Å². The van der Waals surface area contributed by atoms with Gasteiger partial charge in [-0.1, -0.05) is 46.2 Å². The SMILES string of the molecule is CCC(C)CC(NN)C(C)(C)c1ccc(F)cc1. The van der Waals surface area contributed by atoms with Gasteiger partial charge >= 0.3 is 0 Å². The molecule has 0 fully saturated rings. The van der Waals surface area contributed by atoms with E-state index in [9.17, 15) is 4.39 Å². The molecule has 1 aromatic carbocycles. The minimum absolute atomic E-state index is 0.119. The normalized spacial score (nSPS) is 15.4. The summed E-state index contributed by atoms with van der Waals surface area (Å²) in [6.45, 7) is 8.70. The second-order valence-electron chi connectivity index (χ2n) is 5.70. The number of hydrazine groups is 1. The third-order valence-electron chi connectivity index (χ3n) is 4.00. The van der Waals surface area contributed by atoms with E-state index >= 15 is 0 Å². The van der Waals surface area contributed by atoms with Gasteiger partial charge in [0.05, 0.1) is 0 Å². The first kappa shape index (κ1) is 15.1. The number of nitrogens with two attached hydrogens (primary N) is 1. The maximum absolute atomic E-state index is 13.0. The van der Waals surface area contributed by atoms with Crippen LogP contribution in [0.1, 0.15) is 46.1 Å². The zero-order valence-electron chi connectivity index (χ0n) is 11.8. The first-order chi connectivity index (χ1) is 8.41. The van der Waals surface area contributed by atoms with Crippen LogP contribution in [0.25, 0.3) is 0 Å². The van der Waals surface area contributed by atoms with Crippen molar-refractivity contribution in [3.05, 3.63) is 35.6 Å². The quantitative estimate of drug-likeness (QED) is 0.602. The molecule has 1 rings (SSSR count). The van der Waals surface area contributed by atoms with E-state index in [-0.39, 0.29) is 17.3 Å². The number of halogens is 1. The maximum atomic E-state index is 13.0. The summed E-state index contributed by atoms with van der Waals surface area (Å²) < 4.78 is 13.0. The maximum Gasteiger partial charge on any atom is 0.123 e. The topological polar surface area (TPSA) is 38.0 Å². The van der Waals surface area contributed by atoms with E-state index in [1.54, 1.807) is 0 Å². The summed E-state index contributed by atoms with van der Waals surface area (Å²) in [6.07, 6.45) is 2.15. The van der Waals surface area contributed by atoms with Crippen LogP contribution in [0.15, 0.2) is 24.3 Å². The van der Waals surface area contributed by atoms with Crippen molar-refractivity contribution in [3.8, 4) is 0 Å². The van der Waals surface area contributed by atoms with Crippen LogP contribution >= 0.6 is 0 Å². The van der Waals surface area contributed by atoms with E-state index in [4.69, 9.17) is 5.84 Å². The lowest BCUT2D eigenvalue weighted by molar-refractivity contribution is 0.286. The Morgan fingerprint density at radius 1 is 1.28 bits per heavy atom. The number of benzene rings is 1. The Morgan fingerprint density at radius 2 is 1.83 bits per heavy atom. The van der Waals surface area contributed by atoms with Gasteiger partial charge in [-0.15, -0.1) is 0 Å². The molecule has 0 spiro atoms. The summed E-state index contributed by atoms with van der Waals surface area (Å²) in [5.41, 5.74) is 3.91. The molecule has 1 aromatic rings. The monoisotopic (exact) mass is 252 g/mol. The summed E-state index contributed by atoms with van der Waals surface area (Å²) >= 11 is 0. The lowest BCUT2D eigenvalue weighted by Gasteiger charge is -2.36. The van der Waals surface area contributed by atoms with Crippen molar-refractivity contribution in [2.75, 3.05) is 0 Å². The summed E-state index contributed by atoms with van der Waals surface area (Å²) in [5.74, 6) is 6.12. The molecule has 2 unspecified atom stereocenters. The Labute approximate surface area is 110 Å². The summed E-state index contributed by atoms with van der Waals surface area (Å²) in [6, 6.07) is 6.88.